The van der Waals surface area contributed by atoms with Gasteiger partial charge >= 0.3 is 0 Å². The third-order valence-electron chi connectivity index (χ3n) is 8.17. The molecule has 0 unspecified atom stereocenters. The number of likely N-dealkylation sites (tertiary alicyclic amines) is 1. The summed E-state index contributed by atoms with van der Waals surface area (Å²) in [5, 5.41) is 20.6. The van der Waals surface area contributed by atoms with Crippen molar-refractivity contribution in [3.8, 4) is 16.8 Å². The molecule has 0 amide bonds. The van der Waals surface area contributed by atoms with E-state index in [1.54, 1.807) is 16.8 Å². The molecule has 3 aromatic heterocycles. The number of hydrogen-bond donors (Lipinski definition) is 1. The summed E-state index contributed by atoms with van der Waals surface area (Å²) >= 11 is 0. The fraction of sp³-hybridized carbons (Fsp3) is 0.333. The van der Waals surface area contributed by atoms with Crippen molar-refractivity contribution in [2.45, 2.75) is 37.6 Å². The van der Waals surface area contributed by atoms with E-state index in [2.05, 4.69) is 20.1 Å². The minimum absolute atomic E-state index is 0.166. The summed E-state index contributed by atoms with van der Waals surface area (Å²) in [4.78, 5) is 20.1. The van der Waals surface area contributed by atoms with E-state index in [1.807, 2.05) is 41.3 Å². The molecule has 11 heteroatoms. The van der Waals surface area contributed by atoms with Crippen LogP contribution in [0, 0.1) is 5.82 Å². The number of aromatic nitrogens is 6. The molecule has 2 fully saturated rings. The normalized spacial score (nSPS) is 17.6. The second-order valence-corrected chi connectivity index (χ2v) is 11.0. The lowest BCUT2D eigenvalue weighted by molar-refractivity contribution is -0.0364. The molecule has 0 bridgehead atoms. The van der Waals surface area contributed by atoms with Gasteiger partial charge in [0.1, 0.15) is 17.5 Å². The van der Waals surface area contributed by atoms with Crippen LogP contribution >= 0.6 is 0 Å². The van der Waals surface area contributed by atoms with Crippen LogP contribution < -0.4 is 5.56 Å². The molecule has 0 radical (unpaired) electrons. The maximum absolute atomic E-state index is 13.3. The largest absolute Gasteiger partial charge is 0.388 e. The van der Waals surface area contributed by atoms with Gasteiger partial charge in [-0.25, -0.2) is 14.1 Å². The van der Waals surface area contributed by atoms with Gasteiger partial charge in [0.15, 0.2) is 5.65 Å². The highest BCUT2D eigenvalue weighted by molar-refractivity contribution is 5.75. The molecule has 10 nitrogen and oxygen atoms in total. The molecular formula is C30H30FN7O3. The Kier molecular flexibility index (Phi) is 6.49. The number of rotatable bonds is 7. The van der Waals surface area contributed by atoms with E-state index < -0.39 is 5.60 Å². The van der Waals surface area contributed by atoms with Crippen LogP contribution in [0.25, 0.3) is 27.8 Å². The van der Waals surface area contributed by atoms with Crippen LogP contribution in [0.4, 0.5) is 4.39 Å². The van der Waals surface area contributed by atoms with Gasteiger partial charge in [0.05, 0.1) is 49.5 Å². The summed E-state index contributed by atoms with van der Waals surface area (Å²) in [7, 11) is 0. The van der Waals surface area contributed by atoms with E-state index in [0.717, 1.165) is 22.4 Å². The summed E-state index contributed by atoms with van der Waals surface area (Å²) < 4.78 is 23.5. The van der Waals surface area contributed by atoms with Crippen molar-refractivity contribution in [3.63, 3.8) is 0 Å². The van der Waals surface area contributed by atoms with Crippen LogP contribution in [0.15, 0.2) is 78.2 Å². The zero-order valence-corrected chi connectivity index (χ0v) is 22.4. The number of hydrogen-bond acceptors (Lipinski definition) is 7. The number of aliphatic hydroxyl groups is 1. The first-order valence-electron chi connectivity index (χ1n) is 13.8. The fourth-order valence-electron chi connectivity index (χ4n) is 5.56. The van der Waals surface area contributed by atoms with Gasteiger partial charge in [0.25, 0.3) is 5.56 Å². The minimum Gasteiger partial charge on any atom is -0.388 e. The number of piperidine rings is 1. The van der Waals surface area contributed by atoms with E-state index in [9.17, 15) is 14.3 Å². The molecule has 0 atom stereocenters. The molecule has 210 valence electrons. The van der Waals surface area contributed by atoms with E-state index >= 15 is 0 Å². The summed E-state index contributed by atoms with van der Waals surface area (Å²) in [6.45, 7) is 3.61. The Balaban J connectivity index is 1.04. The molecular weight excluding hydrogens is 525 g/mol. The van der Waals surface area contributed by atoms with E-state index in [0.29, 0.717) is 62.8 Å². The van der Waals surface area contributed by atoms with Crippen molar-refractivity contribution >= 4 is 11.0 Å². The number of halogens is 1. The summed E-state index contributed by atoms with van der Waals surface area (Å²) in [5.41, 5.74) is 3.11. The maximum Gasteiger partial charge on any atom is 0.264 e. The molecule has 7 rings (SSSR count). The van der Waals surface area contributed by atoms with Crippen LogP contribution in [0.3, 0.4) is 0 Å². The Morgan fingerprint density at radius 2 is 1.73 bits per heavy atom. The van der Waals surface area contributed by atoms with E-state index in [4.69, 9.17) is 4.74 Å². The van der Waals surface area contributed by atoms with Crippen molar-refractivity contribution in [2.24, 2.45) is 0 Å². The van der Waals surface area contributed by atoms with Crippen molar-refractivity contribution in [1.29, 1.82) is 0 Å². The molecule has 2 aliphatic rings. The Morgan fingerprint density at radius 3 is 2.44 bits per heavy atom. The van der Waals surface area contributed by atoms with E-state index in [-0.39, 0.29) is 17.9 Å². The van der Waals surface area contributed by atoms with Crippen LogP contribution in [-0.2, 0) is 17.8 Å². The second kappa shape index (κ2) is 10.3. The van der Waals surface area contributed by atoms with Gasteiger partial charge in [-0.2, -0.15) is 10.2 Å². The van der Waals surface area contributed by atoms with Gasteiger partial charge in [-0.1, -0.05) is 24.3 Å². The first-order valence-corrected chi connectivity index (χ1v) is 13.8. The number of benzene rings is 2. The lowest BCUT2D eigenvalue weighted by Gasteiger charge is -2.38. The SMILES string of the molecule is O=c1c2cnn(-c3ccc(-c4cnn(C5COC5)c4)cc3)c2ncn1CC1(O)CCN(Cc2ccc(F)cc2)CC1. The average Bonchev–Trinajstić information content (AvgIpc) is 3.60. The molecule has 0 spiro atoms. The maximum atomic E-state index is 13.3. The summed E-state index contributed by atoms with van der Waals surface area (Å²) in [5.74, 6) is -0.249. The predicted octanol–water partition coefficient (Wildman–Crippen LogP) is 3.18. The number of nitrogens with zero attached hydrogens (tertiary/aromatic N) is 7. The summed E-state index contributed by atoms with van der Waals surface area (Å²) in [6, 6.07) is 14.7. The first-order chi connectivity index (χ1) is 19.9. The Morgan fingerprint density at radius 1 is 0.976 bits per heavy atom. The van der Waals surface area contributed by atoms with Gasteiger partial charge in [-0.15, -0.1) is 0 Å². The lowest BCUT2D eigenvalue weighted by atomic mass is 9.91. The van der Waals surface area contributed by atoms with Gasteiger partial charge < -0.3 is 9.84 Å². The second-order valence-electron chi connectivity index (χ2n) is 11.0. The van der Waals surface area contributed by atoms with Crippen LogP contribution in [0.5, 0.6) is 0 Å². The number of fused-ring (bicyclic) bond motifs is 1. The van der Waals surface area contributed by atoms with Crippen molar-refractivity contribution < 1.29 is 14.2 Å². The average molecular weight is 556 g/mol. The Bertz CT molecular complexity index is 1730. The molecule has 1 N–H and O–H groups in total. The standard InChI is InChI=1S/C30H30FN7O3/c31-24-5-1-21(2-6-24)15-35-11-9-30(40,10-12-35)19-36-20-32-28-27(29(36)39)14-34-38(28)25-7-3-22(4-8-25)23-13-33-37(16-23)26-17-41-18-26/h1-8,13-14,16,20,26,40H,9-12,15,17-19H2. The molecule has 41 heavy (non-hydrogen) atoms. The highest BCUT2D eigenvalue weighted by Gasteiger charge is 2.33. The van der Waals surface area contributed by atoms with Crippen molar-refractivity contribution in [3.05, 3.63) is 95.2 Å². The summed E-state index contributed by atoms with van der Waals surface area (Å²) in [6.07, 6.45) is 7.96. The Hall–Kier alpha value is -4.19. The van der Waals surface area contributed by atoms with Crippen molar-refractivity contribution in [2.75, 3.05) is 26.3 Å². The third kappa shape index (κ3) is 5.08. The van der Waals surface area contributed by atoms with Crippen LogP contribution in [-0.4, -0.2) is 71.0 Å². The van der Waals surface area contributed by atoms with Gasteiger partial charge in [-0.05, 0) is 48.2 Å². The molecule has 5 aromatic rings. The number of ether oxygens (including phenoxy) is 1. The zero-order chi connectivity index (χ0) is 28.0. The monoisotopic (exact) mass is 555 g/mol. The quantitative estimate of drug-likeness (QED) is 0.329. The molecule has 2 aliphatic heterocycles. The van der Waals surface area contributed by atoms with E-state index in [1.165, 1.54) is 29.2 Å². The molecule has 2 aromatic carbocycles. The Labute approximate surface area is 235 Å². The van der Waals surface area contributed by atoms with Crippen LogP contribution in [0.1, 0.15) is 24.4 Å². The fourth-order valence-corrected chi connectivity index (χ4v) is 5.56. The van der Waals surface area contributed by atoms with Gasteiger partial charge in [0.2, 0.25) is 0 Å². The molecule has 0 aliphatic carbocycles. The smallest absolute Gasteiger partial charge is 0.264 e. The van der Waals surface area contributed by atoms with Gasteiger partial charge in [-0.3, -0.25) is 18.9 Å². The molecule has 2 saturated heterocycles. The molecule has 0 saturated carbocycles. The highest BCUT2D eigenvalue weighted by Crippen LogP contribution is 2.26. The predicted molar refractivity (Wildman–Crippen MR) is 150 cm³/mol. The highest BCUT2D eigenvalue weighted by atomic mass is 19.1. The first kappa shape index (κ1) is 25.8. The van der Waals surface area contributed by atoms with Crippen molar-refractivity contribution in [1.82, 2.24) is 34.0 Å². The van der Waals surface area contributed by atoms with Crippen LogP contribution in [0.2, 0.25) is 0 Å². The molecule has 5 heterocycles. The third-order valence-corrected chi connectivity index (χ3v) is 8.17. The lowest BCUT2D eigenvalue weighted by Crippen LogP contribution is -2.47. The zero-order valence-electron chi connectivity index (χ0n) is 22.4. The van der Waals surface area contributed by atoms with Gasteiger partial charge in [0, 0.05) is 31.4 Å². The minimum atomic E-state index is -1.01. The topological polar surface area (TPSA) is 103 Å².